The number of hydrogen-bond donors (Lipinski definition) is 1. The molecule has 8 heteroatoms. The molecule has 0 saturated heterocycles. The van der Waals surface area contributed by atoms with Crippen molar-refractivity contribution in [2.24, 2.45) is 0 Å². The largest absolute Gasteiger partial charge is 0.455 e. The molecule has 0 amide bonds. The van der Waals surface area contributed by atoms with Gasteiger partial charge in [0.05, 0.1) is 10.5 Å². The lowest BCUT2D eigenvalue weighted by Crippen LogP contribution is -2.17. The number of aromatic nitrogens is 1. The van der Waals surface area contributed by atoms with Crippen LogP contribution in [0, 0.1) is 10.1 Å². The number of rotatable bonds is 5. The average Bonchev–Trinajstić information content (AvgIpc) is 3.03. The predicted molar refractivity (Wildman–Crippen MR) is 90.5 cm³/mol. The number of hydrogen-bond acceptors (Lipinski definition) is 5. The summed E-state index contributed by atoms with van der Waals surface area (Å²) in [6, 6.07) is 10.8. The van der Waals surface area contributed by atoms with Crippen molar-refractivity contribution in [3.8, 4) is 0 Å². The Bertz CT molecular complexity index is 996. The molecule has 1 N–H and O–H groups in total. The van der Waals surface area contributed by atoms with Gasteiger partial charge < -0.3 is 9.72 Å². The molecule has 3 aromatic rings. The Morgan fingerprint density at radius 2 is 1.96 bits per heavy atom. The average molecular weight is 359 g/mol. The smallest absolute Gasteiger partial charge is 0.380 e. The highest BCUT2D eigenvalue weighted by atomic mass is 35.5. The van der Waals surface area contributed by atoms with Gasteiger partial charge in [0.15, 0.2) is 0 Å². The van der Waals surface area contributed by atoms with Gasteiger partial charge in [-0.1, -0.05) is 29.8 Å². The molecule has 2 aromatic carbocycles. The van der Waals surface area contributed by atoms with Crippen LogP contribution in [0.4, 0.5) is 5.69 Å². The minimum atomic E-state index is -1.06. The Morgan fingerprint density at radius 3 is 2.68 bits per heavy atom. The lowest BCUT2D eigenvalue weighted by molar-refractivity contribution is -0.384. The number of nitrogens with one attached hydrogen (secondary N) is 1. The van der Waals surface area contributed by atoms with E-state index in [1.165, 1.54) is 24.4 Å². The van der Waals surface area contributed by atoms with Gasteiger partial charge in [-0.3, -0.25) is 14.9 Å². The lowest BCUT2D eigenvalue weighted by Gasteiger charge is -2.05. The van der Waals surface area contributed by atoms with E-state index < -0.39 is 16.7 Å². The number of fused-ring (bicyclic) bond motifs is 1. The van der Waals surface area contributed by atoms with Gasteiger partial charge in [0, 0.05) is 39.8 Å². The molecule has 0 spiro atoms. The Labute approximate surface area is 146 Å². The van der Waals surface area contributed by atoms with Gasteiger partial charge in [0.1, 0.15) is 6.61 Å². The summed E-state index contributed by atoms with van der Waals surface area (Å²) in [5.74, 6) is -1.95. The first-order valence-electron chi connectivity index (χ1n) is 7.18. The van der Waals surface area contributed by atoms with E-state index in [0.717, 1.165) is 0 Å². The third kappa shape index (κ3) is 3.36. The highest BCUT2D eigenvalue weighted by molar-refractivity contribution is 6.43. The van der Waals surface area contributed by atoms with E-state index in [0.29, 0.717) is 16.1 Å². The quantitative estimate of drug-likeness (QED) is 0.246. The number of Topliss-reactive ketones (excluding diaryl/α,β-unsaturated/α-hetero) is 1. The van der Waals surface area contributed by atoms with E-state index in [-0.39, 0.29) is 23.2 Å². The number of nitro benzene ring substituents is 1. The summed E-state index contributed by atoms with van der Waals surface area (Å²) in [4.78, 5) is 37.4. The fourth-order valence-electron chi connectivity index (χ4n) is 2.34. The molecule has 0 fully saturated rings. The van der Waals surface area contributed by atoms with Crippen LogP contribution < -0.4 is 0 Å². The summed E-state index contributed by atoms with van der Waals surface area (Å²) >= 11 is 5.97. The number of ether oxygens (including phenoxy) is 1. The molecule has 1 heterocycles. The van der Waals surface area contributed by atoms with Gasteiger partial charge in [0.2, 0.25) is 0 Å². The Morgan fingerprint density at radius 1 is 1.20 bits per heavy atom. The number of H-pyrrole nitrogens is 1. The summed E-state index contributed by atoms with van der Waals surface area (Å²) in [5.41, 5.74) is 0.918. The van der Waals surface area contributed by atoms with Crippen molar-refractivity contribution in [3.05, 3.63) is 74.9 Å². The fourth-order valence-corrected chi connectivity index (χ4v) is 2.53. The molecule has 0 saturated carbocycles. The van der Waals surface area contributed by atoms with Crippen LogP contribution in [0.1, 0.15) is 15.9 Å². The molecule has 1 aromatic heterocycles. The van der Waals surface area contributed by atoms with Crippen LogP contribution in [0.25, 0.3) is 10.9 Å². The molecule has 0 bridgehead atoms. The van der Waals surface area contributed by atoms with Gasteiger partial charge in [-0.05, 0) is 12.1 Å². The molecule has 25 heavy (non-hydrogen) atoms. The first-order valence-corrected chi connectivity index (χ1v) is 7.55. The molecule has 126 valence electrons. The zero-order valence-corrected chi connectivity index (χ0v) is 13.4. The number of nitro groups is 1. The molecule has 0 atom stereocenters. The predicted octanol–water partition coefficient (Wildman–Crippen LogP) is 3.66. The van der Waals surface area contributed by atoms with Crippen LogP contribution in [-0.2, 0) is 16.1 Å². The van der Waals surface area contributed by atoms with E-state index in [9.17, 15) is 19.7 Å². The third-order valence-corrected chi connectivity index (χ3v) is 3.99. The van der Waals surface area contributed by atoms with Crippen molar-refractivity contribution in [1.82, 2.24) is 4.98 Å². The van der Waals surface area contributed by atoms with E-state index in [1.807, 2.05) is 0 Å². The first-order chi connectivity index (χ1) is 12.0. The van der Waals surface area contributed by atoms with E-state index in [4.69, 9.17) is 16.3 Å². The number of non-ortho nitro benzene ring substituents is 1. The molecule has 0 aliphatic rings. The van der Waals surface area contributed by atoms with Gasteiger partial charge in [-0.2, -0.15) is 0 Å². The lowest BCUT2D eigenvalue weighted by atomic mass is 10.1. The zero-order valence-electron chi connectivity index (χ0n) is 12.7. The second-order valence-corrected chi connectivity index (χ2v) is 5.59. The number of ketones is 1. The minimum Gasteiger partial charge on any atom is -0.455 e. The SMILES string of the molecule is O=C(OCc1ccccc1Cl)C(=O)c1c[nH]c2ccc([N+](=O)[O-])cc12. The van der Waals surface area contributed by atoms with Gasteiger partial charge in [-0.25, -0.2) is 4.79 Å². The number of carbonyl (C=O) groups excluding carboxylic acids is 2. The van der Waals surface area contributed by atoms with E-state index in [2.05, 4.69) is 4.98 Å². The maximum absolute atomic E-state index is 12.3. The highest BCUT2D eigenvalue weighted by Gasteiger charge is 2.23. The van der Waals surface area contributed by atoms with E-state index in [1.54, 1.807) is 24.3 Å². The summed E-state index contributed by atoms with van der Waals surface area (Å²) in [5, 5.41) is 11.6. The molecule has 3 rings (SSSR count). The standard InChI is InChI=1S/C17H11ClN2O5/c18-14-4-2-1-3-10(14)9-25-17(22)16(21)13-8-19-15-6-5-11(20(23)24)7-12(13)15/h1-8,19H,9H2. The van der Waals surface area contributed by atoms with Crippen LogP contribution in [-0.4, -0.2) is 21.7 Å². The zero-order chi connectivity index (χ0) is 18.0. The summed E-state index contributed by atoms with van der Waals surface area (Å²) < 4.78 is 5.00. The highest BCUT2D eigenvalue weighted by Crippen LogP contribution is 2.24. The van der Waals surface area contributed by atoms with Gasteiger partial charge in [0.25, 0.3) is 11.5 Å². The van der Waals surface area contributed by atoms with Crippen molar-refractivity contribution in [2.75, 3.05) is 0 Å². The van der Waals surface area contributed by atoms with Crippen molar-refractivity contribution in [1.29, 1.82) is 0 Å². The molecule has 0 unspecified atom stereocenters. The van der Waals surface area contributed by atoms with E-state index >= 15 is 0 Å². The van der Waals surface area contributed by atoms with Gasteiger partial charge in [-0.15, -0.1) is 0 Å². The number of benzene rings is 2. The molecule has 0 aliphatic heterocycles. The van der Waals surface area contributed by atoms with Crippen molar-refractivity contribution in [3.63, 3.8) is 0 Å². The summed E-state index contributed by atoms with van der Waals surface area (Å²) in [6.45, 7) is -0.146. The Balaban J connectivity index is 1.81. The normalized spacial score (nSPS) is 10.6. The van der Waals surface area contributed by atoms with Gasteiger partial charge >= 0.3 is 5.97 Å². The number of nitrogens with zero attached hydrogens (tertiary/aromatic N) is 1. The van der Waals surface area contributed by atoms with Crippen LogP contribution in [0.5, 0.6) is 0 Å². The number of carbonyl (C=O) groups is 2. The number of esters is 1. The van der Waals surface area contributed by atoms with Crippen molar-refractivity contribution >= 4 is 39.9 Å². The number of aromatic amines is 1. The Kier molecular flexibility index (Phi) is 4.49. The van der Waals surface area contributed by atoms with Crippen LogP contribution in [0.15, 0.2) is 48.7 Å². The summed E-state index contributed by atoms with van der Waals surface area (Å²) in [6.07, 6.45) is 1.33. The molecule has 7 nitrogen and oxygen atoms in total. The minimum absolute atomic E-state index is 0.0165. The number of halogens is 1. The maximum atomic E-state index is 12.3. The van der Waals surface area contributed by atoms with Crippen molar-refractivity contribution in [2.45, 2.75) is 6.61 Å². The fraction of sp³-hybridized carbons (Fsp3) is 0.0588. The second kappa shape index (κ2) is 6.74. The topological polar surface area (TPSA) is 102 Å². The summed E-state index contributed by atoms with van der Waals surface area (Å²) in [7, 11) is 0. The monoisotopic (exact) mass is 358 g/mol. The molecule has 0 aliphatic carbocycles. The molecular formula is C17H11ClN2O5. The molecular weight excluding hydrogens is 348 g/mol. The second-order valence-electron chi connectivity index (χ2n) is 5.19. The van der Waals surface area contributed by atoms with Crippen molar-refractivity contribution < 1.29 is 19.2 Å². The van der Waals surface area contributed by atoms with Crippen LogP contribution in [0.2, 0.25) is 5.02 Å². The van der Waals surface area contributed by atoms with Crippen LogP contribution in [0.3, 0.4) is 0 Å². The maximum Gasteiger partial charge on any atom is 0.380 e. The molecule has 0 radical (unpaired) electrons. The third-order valence-electron chi connectivity index (χ3n) is 3.62. The first kappa shape index (κ1) is 16.7. The Hall–Kier alpha value is -3.19. The van der Waals surface area contributed by atoms with Crippen LogP contribution >= 0.6 is 11.6 Å².